The minimum absolute atomic E-state index is 0. The normalized spacial score (nSPS) is 16.9. The third-order valence-electron chi connectivity index (χ3n) is 3.80. The lowest BCUT2D eigenvalue weighted by Gasteiger charge is -2.13. The number of nitrogens with one attached hydrogen (secondary N) is 3. The van der Waals surface area contributed by atoms with Crippen molar-refractivity contribution < 1.29 is 4.79 Å². The zero-order valence-corrected chi connectivity index (χ0v) is 18.2. The van der Waals surface area contributed by atoms with Gasteiger partial charge in [0.1, 0.15) is 0 Å². The topological polar surface area (TPSA) is 65.5 Å². The molecule has 1 aliphatic rings. The highest BCUT2D eigenvalue weighted by molar-refractivity contribution is 14.0. The molecule has 1 aromatic rings. The molecule has 5 nitrogen and oxygen atoms in total. The van der Waals surface area contributed by atoms with Gasteiger partial charge in [0.15, 0.2) is 5.96 Å². The molecule has 7 heteroatoms. The molecule has 25 heavy (non-hydrogen) atoms. The van der Waals surface area contributed by atoms with Gasteiger partial charge in [0.05, 0.1) is 6.54 Å². The number of thioether (sulfide) groups is 1. The van der Waals surface area contributed by atoms with Gasteiger partial charge in [0.2, 0.25) is 5.91 Å². The van der Waals surface area contributed by atoms with E-state index < -0.39 is 0 Å². The fourth-order valence-corrected chi connectivity index (χ4v) is 3.79. The van der Waals surface area contributed by atoms with Gasteiger partial charge in [-0.2, -0.15) is 11.8 Å². The van der Waals surface area contributed by atoms with Crippen molar-refractivity contribution in [2.75, 3.05) is 30.7 Å². The highest BCUT2D eigenvalue weighted by Gasteiger charge is 2.14. The molecular formula is C18H29IN4OS. The average molecular weight is 476 g/mol. The van der Waals surface area contributed by atoms with E-state index in [9.17, 15) is 4.79 Å². The minimum atomic E-state index is -0.0451. The number of halogens is 1. The van der Waals surface area contributed by atoms with Gasteiger partial charge in [-0.1, -0.05) is 12.1 Å². The van der Waals surface area contributed by atoms with Crippen LogP contribution in [0, 0.1) is 0 Å². The zero-order valence-electron chi connectivity index (χ0n) is 15.0. The van der Waals surface area contributed by atoms with Crippen LogP contribution in [0.5, 0.6) is 0 Å². The van der Waals surface area contributed by atoms with Crippen LogP contribution < -0.4 is 16.0 Å². The Morgan fingerprint density at radius 3 is 2.64 bits per heavy atom. The first-order chi connectivity index (χ1) is 11.7. The van der Waals surface area contributed by atoms with Crippen molar-refractivity contribution in [1.82, 2.24) is 10.6 Å². The molecule has 0 aromatic heterocycles. The molecular weight excluding hydrogens is 447 g/mol. The second-order valence-corrected chi connectivity index (χ2v) is 7.32. The molecule has 3 N–H and O–H groups in total. The molecule has 1 atom stereocenters. The van der Waals surface area contributed by atoms with Gasteiger partial charge in [-0.05, 0) is 49.6 Å². The van der Waals surface area contributed by atoms with Gasteiger partial charge in [-0.3, -0.25) is 9.79 Å². The SMILES string of the molecule is CCNC(=NCC1CCCS1)NCCc1ccc(NC(C)=O)cc1.I. The third kappa shape index (κ3) is 8.80. The molecule has 140 valence electrons. The summed E-state index contributed by atoms with van der Waals surface area (Å²) in [5, 5.41) is 10.2. The fraction of sp³-hybridized carbons (Fsp3) is 0.556. The van der Waals surface area contributed by atoms with E-state index in [1.54, 1.807) is 0 Å². The third-order valence-corrected chi connectivity index (χ3v) is 5.18. The Morgan fingerprint density at radius 1 is 1.28 bits per heavy atom. The van der Waals surface area contributed by atoms with Crippen molar-refractivity contribution in [2.45, 2.75) is 38.4 Å². The van der Waals surface area contributed by atoms with E-state index in [0.717, 1.165) is 37.7 Å². The summed E-state index contributed by atoms with van der Waals surface area (Å²) in [5.74, 6) is 2.13. The van der Waals surface area contributed by atoms with Crippen LogP contribution in [0.25, 0.3) is 0 Å². The quantitative estimate of drug-likeness (QED) is 0.321. The summed E-state index contributed by atoms with van der Waals surface area (Å²) in [4.78, 5) is 15.7. The van der Waals surface area contributed by atoms with Crippen LogP contribution in [-0.2, 0) is 11.2 Å². The summed E-state index contributed by atoms with van der Waals surface area (Å²) in [7, 11) is 0. The molecule has 1 unspecified atom stereocenters. The fourth-order valence-electron chi connectivity index (χ4n) is 2.61. The summed E-state index contributed by atoms with van der Waals surface area (Å²) in [6.45, 7) is 6.20. The van der Waals surface area contributed by atoms with Crippen molar-refractivity contribution >= 4 is 53.3 Å². The lowest BCUT2D eigenvalue weighted by molar-refractivity contribution is -0.114. The molecule has 0 bridgehead atoms. The Hall–Kier alpha value is -0.960. The molecule has 1 amide bonds. The molecule has 1 aliphatic heterocycles. The molecule has 0 radical (unpaired) electrons. The molecule has 1 saturated heterocycles. The maximum absolute atomic E-state index is 11.0. The number of hydrogen-bond acceptors (Lipinski definition) is 3. The molecule has 0 spiro atoms. The number of carbonyl (C=O) groups excluding carboxylic acids is 1. The molecule has 0 aliphatic carbocycles. The van der Waals surface area contributed by atoms with Crippen LogP contribution in [-0.4, -0.2) is 42.5 Å². The number of hydrogen-bond donors (Lipinski definition) is 3. The standard InChI is InChI=1S/C18H28N4OS.HI/c1-3-19-18(21-13-17-5-4-12-24-17)20-11-10-15-6-8-16(9-7-15)22-14(2)23;/h6-9,17H,3-5,10-13H2,1-2H3,(H,22,23)(H2,19,20,21);1H. The number of anilines is 1. The van der Waals surface area contributed by atoms with Crippen molar-refractivity contribution in [3.8, 4) is 0 Å². The Balaban J connectivity index is 0.00000312. The van der Waals surface area contributed by atoms with Crippen molar-refractivity contribution in [2.24, 2.45) is 4.99 Å². The Labute approximate surface area is 172 Å². The summed E-state index contributed by atoms with van der Waals surface area (Å²) < 4.78 is 0. The van der Waals surface area contributed by atoms with E-state index in [-0.39, 0.29) is 29.9 Å². The summed E-state index contributed by atoms with van der Waals surface area (Å²) in [5.41, 5.74) is 2.07. The first kappa shape index (κ1) is 22.1. The van der Waals surface area contributed by atoms with Crippen LogP contribution in [0.2, 0.25) is 0 Å². The van der Waals surface area contributed by atoms with Crippen molar-refractivity contribution in [3.63, 3.8) is 0 Å². The highest BCUT2D eigenvalue weighted by Crippen LogP contribution is 2.25. The van der Waals surface area contributed by atoms with E-state index >= 15 is 0 Å². The van der Waals surface area contributed by atoms with Crippen LogP contribution in [0.15, 0.2) is 29.3 Å². The van der Waals surface area contributed by atoms with Gasteiger partial charge < -0.3 is 16.0 Å². The number of guanidine groups is 1. The molecule has 1 fully saturated rings. The summed E-state index contributed by atoms with van der Waals surface area (Å²) in [6.07, 6.45) is 3.53. The second kappa shape index (κ2) is 12.4. The Morgan fingerprint density at radius 2 is 2.04 bits per heavy atom. The Bertz CT molecular complexity index is 545. The average Bonchev–Trinajstić information content (AvgIpc) is 3.07. The second-order valence-electron chi connectivity index (χ2n) is 5.91. The maximum Gasteiger partial charge on any atom is 0.221 e. The smallest absolute Gasteiger partial charge is 0.221 e. The van der Waals surface area contributed by atoms with Gasteiger partial charge in [0.25, 0.3) is 0 Å². The van der Waals surface area contributed by atoms with E-state index in [1.807, 2.05) is 36.0 Å². The van der Waals surface area contributed by atoms with E-state index in [1.165, 1.54) is 31.1 Å². The van der Waals surface area contributed by atoms with Gasteiger partial charge >= 0.3 is 0 Å². The predicted octanol–water partition coefficient (Wildman–Crippen LogP) is 3.26. The zero-order chi connectivity index (χ0) is 17.2. The van der Waals surface area contributed by atoms with Crippen LogP contribution >= 0.6 is 35.7 Å². The van der Waals surface area contributed by atoms with E-state index in [0.29, 0.717) is 5.25 Å². The lowest BCUT2D eigenvalue weighted by Crippen LogP contribution is -2.38. The van der Waals surface area contributed by atoms with Gasteiger partial charge in [0, 0.05) is 31.0 Å². The Kier molecular flexibility index (Phi) is 11.0. The molecule has 2 rings (SSSR count). The monoisotopic (exact) mass is 476 g/mol. The number of aliphatic imine (C=N–C) groups is 1. The van der Waals surface area contributed by atoms with Crippen molar-refractivity contribution in [3.05, 3.63) is 29.8 Å². The first-order valence-electron chi connectivity index (χ1n) is 8.67. The molecule has 0 saturated carbocycles. The predicted molar refractivity (Wildman–Crippen MR) is 119 cm³/mol. The lowest BCUT2D eigenvalue weighted by atomic mass is 10.1. The van der Waals surface area contributed by atoms with E-state index in [4.69, 9.17) is 4.99 Å². The first-order valence-corrected chi connectivity index (χ1v) is 9.72. The highest BCUT2D eigenvalue weighted by atomic mass is 127. The van der Waals surface area contributed by atoms with Crippen LogP contribution in [0.1, 0.15) is 32.3 Å². The number of benzene rings is 1. The van der Waals surface area contributed by atoms with Gasteiger partial charge in [-0.25, -0.2) is 0 Å². The van der Waals surface area contributed by atoms with Crippen molar-refractivity contribution in [1.29, 1.82) is 0 Å². The largest absolute Gasteiger partial charge is 0.357 e. The van der Waals surface area contributed by atoms with Crippen LogP contribution in [0.4, 0.5) is 5.69 Å². The maximum atomic E-state index is 11.0. The van der Waals surface area contributed by atoms with Gasteiger partial charge in [-0.15, -0.1) is 24.0 Å². The summed E-state index contributed by atoms with van der Waals surface area (Å²) in [6, 6.07) is 7.97. The number of carbonyl (C=O) groups is 1. The minimum Gasteiger partial charge on any atom is -0.357 e. The van der Waals surface area contributed by atoms with Crippen LogP contribution in [0.3, 0.4) is 0 Å². The molecule has 1 heterocycles. The number of rotatable bonds is 7. The number of amides is 1. The molecule has 1 aromatic carbocycles. The van der Waals surface area contributed by atoms with E-state index in [2.05, 4.69) is 22.9 Å². The number of nitrogens with zero attached hydrogens (tertiary/aromatic N) is 1. The summed E-state index contributed by atoms with van der Waals surface area (Å²) >= 11 is 2.04.